The Balaban J connectivity index is 1.74. The van der Waals surface area contributed by atoms with Crippen molar-refractivity contribution in [3.63, 3.8) is 0 Å². The number of nitrogens with one attached hydrogen (secondary N) is 3. The lowest BCUT2D eigenvalue weighted by molar-refractivity contribution is -0.906. The first-order valence-electron chi connectivity index (χ1n) is 9.74. The highest BCUT2D eigenvalue weighted by Gasteiger charge is 2.17. The average Bonchev–Trinajstić information content (AvgIpc) is 2.68. The maximum Gasteiger partial charge on any atom is 0.279 e. The summed E-state index contributed by atoms with van der Waals surface area (Å²) in [5.41, 5.74) is 2.41. The molecule has 1 aromatic heterocycles. The predicted octanol–water partition coefficient (Wildman–Crippen LogP) is 2.06. The molecule has 2 aromatic carbocycles. The van der Waals surface area contributed by atoms with Crippen molar-refractivity contribution >= 4 is 22.5 Å². The number of hydrogen-bond donors (Lipinski definition) is 3. The van der Waals surface area contributed by atoms with E-state index in [0.717, 1.165) is 35.5 Å². The zero-order valence-electron chi connectivity index (χ0n) is 16.4. The van der Waals surface area contributed by atoms with E-state index in [1.54, 1.807) is 6.07 Å². The van der Waals surface area contributed by atoms with Crippen LogP contribution < -0.4 is 15.8 Å². The van der Waals surface area contributed by atoms with Crippen molar-refractivity contribution in [3.05, 3.63) is 70.3 Å². The summed E-state index contributed by atoms with van der Waals surface area (Å²) < 4.78 is 0. The number of rotatable bonds is 8. The van der Waals surface area contributed by atoms with Crippen LogP contribution in [0.15, 0.2) is 53.3 Å². The number of aromatic nitrogens is 2. The van der Waals surface area contributed by atoms with Crippen LogP contribution in [-0.2, 0) is 11.3 Å². The van der Waals surface area contributed by atoms with Crippen molar-refractivity contribution in [1.29, 1.82) is 0 Å². The first-order valence-corrected chi connectivity index (χ1v) is 9.74. The molecule has 6 nitrogen and oxygen atoms in total. The molecule has 1 atom stereocenters. The second-order valence-electron chi connectivity index (χ2n) is 7.10. The summed E-state index contributed by atoms with van der Waals surface area (Å²) in [6.45, 7) is 5.77. The van der Waals surface area contributed by atoms with E-state index in [2.05, 4.69) is 22.2 Å². The molecule has 3 rings (SSSR count). The first-order chi connectivity index (χ1) is 13.6. The van der Waals surface area contributed by atoms with Gasteiger partial charge in [0.2, 0.25) is 0 Å². The lowest BCUT2D eigenvalue weighted by atomic mass is 10.2. The highest BCUT2D eigenvalue weighted by molar-refractivity contribution is 5.92. The molecule has 28 heavy (non-hydrogen) atoms. The van der Waals surface area contributed by atoms with Crippen LogP contribution in [0.4, 0.5) is 5.69 Å². The fourth-order valence-electron chi connectivity index (χ4n) is 3.26. The van der Waals surface area contributed by atoms with E-state index >= 15 is 0 Å². The van der Waals surface area contributed by atoms with Crippen LogP contribution in [0.5, 0.6) is 0 Å². The number of quaternary nitrogens is 1. The smallest absolute Gasteiger partial charge is 0.279 e. The van der Waals surface area contributed by atoms with Gasteiger partial charge in [0, 0.05) is 5.69 Å². The van der Waals surface area contributed by atoms with Gasteiger partial charge in [-0.15, -0.1) is 0 Å². The van der Waals surface area contributed by atoms with Crippen molar-refractivity contribution < 1.29 is 9.69 Å². The van der Waals surface area contributed by atoms with Gasteiger partial charge >= 0.3 is 0 Å². The van der Waals surface area contributed by atoms with Gasteiger partial charge in [0.05, 0.1) is 17.4 Å². The minimum atomic E-state index is -0.139. The molecular formula is C22H27N4O2+. The van der Waals surface area contributed by atoms with Gasteiger partial charge in [-0.1, -0.05) is 43.7 Å². The summed E-state index contributed by atoms with van der Waals surface area (Å²) in [5.74, 6) is 0.571. The monoisotopic (exact) mass is 379 g/mol. The predicted molar refractivity (Wildman–Crippen MR) is 111 cm³/mol. The molecule has 0 radical (unpaired) electrons. The summed E-state index contributed by atoms with van der Waals surface area (Å²) in [6, 6.07) is 15.0. The Morgan fingerprint density at radius 2 is 1.89 bits per heavy atom. The van der Waals surface area contributed by atoms with Crippen LogP contribution >= 0.6 is 0 Å². The summed E-state index contributed by atoms with van der Waals surface area (Å²) in [4.78, 5) is 33.4. The fraction of sp³-hybridized carbons (Fsp3) is 0.318. The number of carbonyl (C=O) groups is 1. The highest BCUT2D eigenvalue weighted by atomic mass is 16.2. The number of amides is 1. The summed E-state index contributed by atoms with van der Waals surface area (Å²) in [7, 11) is 0. The lowest BCUT2D eigenvalue weighted by Crippen LogP contribution is -3.12. The van der Waals surface area contributed by atoms with Crippen LogP contribution in [0.1, 0.15) is 31.2 Å². The molecule has 1 amide bonds. The Morgan fingerprint density at radius 3 is 2.68 bits per heavy atom. The molecule has 3 aromatic rings. The number of aryl methyl sites for hydroxylation is 1. The van der Waals surface area contributed by atoms with Gasteiger partial charge in [-0.2, -0.15) is 0 Å². The number of aromatic amines is 1. The minimum absolute atomic E-state index is 0.0384. The zero-order chi connectivity index (χ0) is 19.9. The largest absolute Gasteiger partial charge is 0.321 e. The van der Waals surface area contributed by atoms with Crippen LogP contribution in [0.2, 0.25) is 0 Å². The molecular weight excluding hydrogens is 352 g/mol. The molecule has 3 N–H and O–H groups in total. The number of benzene rings is 2. The maximum atomic E-state index is 12.6. The van der Waals surface area contributed by atoms with Crippen LogP contribution in [0, 0.1) is 6.92 Å². The third-order valence-electron chi connectivity index (χ3n) is 4.79. The second-order valence-corrected chi connectivity index (χ2v) is 7.10. The molecule has 0 spiro atoms. The number of unbranched alkanes of at least 4 members (excludes halogenated alkanes) is 1. The topological polar surface area (TPSA) is 79.3 Å². The molecule has 0 bridgehead atoms. The van der Waals surface area contributed by atoms with Crippen LogP contribution in [0.3, 0.4) is 0 Å². The van der Waals surface area contributed by atoms with Gasteiger partial charge in [-0.05, 0) is 37.1 Å². The van der Waals surface area contributed by atoms with Crippen molar-refractivity contribution in [1.82, 2.24) is 9.97 Å². The van der Waals surface area contributed by atoms with E-state index in [4.69, 9.17) is 0 Å². The number of H-pyrrole nitrogens is 1. The van der Waals surface area contributed by atoms with E-state index in [0.29, 0.717) is 29.8 Å². The van der Waals surface area contributed by atoms with Crippen molar-refractivity contribution in [2.75, 3.05) is 18.4 Å². The highest BCUT2D eigenvalue weighted by Crippen LogP contribution is 2.12. The van der Waals surface area contributed by atoms with Gasteiger partial charge < -0.3 is 15.2 Å². The molecule has 0 aliphatic rings. The van der Waals surface area contributed by atoms with Crippen molar-refractivity contribution in [2.24, 2.45) is 0 Å². The molecule has 146 valence electrons. The van der Waals surface area contributed by atoms with Crippen molar-refractivity contribution in [2.45, 2.75) is 33.2 Å². The van der Waals surface area contributed by atoms with Crippen LogP contribution in [-0.4, -0.2) is 29.0 Å². The summed E-state index contributed by atoms with van der Waals surface area (Å²) in [6.07, 6.45) is 2.05. The van der Waals surface area contributed by atoms with Gasteiger partial charge in [0.25, 0.3) is 11.5 Å². The van der Waals surface area contributed by atoms with E-state index in [-0.39, 0.29) is 11.5 Å². The number of para-hydroxylation sites is 2. The van der Waals surface area contributed by atoms with E-state index in [9.17, 15) is 9.59 Å². The normalized spacial score (nSPS) is 12.1. The molecule has 0 aliphatic carbocycles. The second kappa shape index (κ2) is 9.28. The first kappa shape index (κ1) is 19.8. The third-order valence-corrected chi connectivity index (χ3v) is 4.79. The minimum Gasteiger partial charge on any atom is -0.321 e. The van der Waals surface area contributed by atoms with Gasteiger partial charge in [-0.3, -0.25) is 9.59 Å². The summed E-state index contributed by atoms with van der Waals surface area (Å²) in [5, 5.41) is 3.57. The molecule has 0 saturated heterocycles. The zero-order valence-corrected chi connectivity index (χ0v) is 16.4. The number of fused-ring (bicyclic) bond motifs is 1. The third kappa shape index (κ3) is 5.04. The molecule has 1 unspecified atom stereocenters. The number of hydrogen-bond acceptors (Lipinski definition) is 3. The van der Waals surface area contributed by atoms with Gasteiger partial charge in [-0.25, -0.2) is 4.98 Å². The number of anilines is 1. The van der Waals surface area contributed by atoms with Crippen molar-refractivity contribution in [3.8, 4) is 0 Å². The molecule has 0 saturated carbocycles. The Labute approximate surface area is 164 Å². The summed E-state index contributed by atoms with van der Waals surface area (Å²) >= 11 is 0. The number of carbonyl (C=O) groups excluding carboxylic acids is 1. The van der Waals surface area contributed by atoms with Gasteiger partial charge in [0.1, 0.15) is 6.54 Å². The lowest BCUT2D eigenvalue weighted by Gasteiger charge is -2.19. The van der Waals surface area contributed by atoms with E-state index in [1.807, 2.05) is 49.4 Å². The molecule has 1 heterocycles. The Kier molecular flexibility index (Phi) is 6.55. The Bertz CT molecular complexity index is 1010. The Morgan fingerprint density at radius 1 is 1.14 bits per heavy atom. The van der Waals surface area contributed by atoms with E-state index in [1.165, 1.54) is 0 Å². The quantitative estimate of drug-likeness (QED) is 0.560. The van der Waals surface area contributed by atoms with E-state index < -0.39 is 0 Å². The molecule has 6 heteroatoms. The average molecular weight is 379 g/mol. The molecule has 0 aliphatic heterocycles. The molecule has 0 fully saturated rings. The fourth-order valence-corrected chi connectivity index (χ4v) is 3.26. The van der Waals surface area contributed by atoms with Crippen LogP contribution in [0.25, 0.3) is 10.9 Å². The standard InChI is InChI=1S/C22H26N4O2/c1-3-4-13-26(15-21(27)24-18-11-7-5-9-16(18)2)14-20-23-19-12-8-6-10-17(19)22(28)25-20/h5-12H,3-4,13-15H2,1-2H3,(H,24,27)(H,23,25,28)/p+1. The Hall–Kier alpha value is -2.99. The SMILES string of the molecule is CCCC[NH+](CC(=O)Nc1ccccc1C)Cc1nc2ccccc2c(=O)[nH]1. The van der Waals surface area contributed by atoms with Gasteiger partial charge in [0.15, 0.2) is 12.4 Å². The number of nitrogens with zero attached hydrogens (tertiary/aromatic N) is 1. The maximum absolute atomic E-state index is 12.6.